The van der Waals surface area contributed by atoms with Crippen molar-refractivity contribution in [3.05, 3.63) is 52.0 Å². The van der Waals surface area contributed by atoms with Crippen LogP contribution in [0.2, 0.25) is 10.0 Å². The number of halogens is 2. The van der Waals surface area contributed by atoms with Crippen LogP contribution in [-0.4, -0.2) is 32.8 Å². The van der Waals surface area contributed by atoms with E-state index in [1.54, 1.807) is 13.2 Å². The highest BCUT2D eigenvalue weighted by molar-refractivity contribution is 6.35. The second-order valence-electron chi connectivity index (χ2n) is 8.43. The van der Waals surface area contributed by atoms with Crippen LogP contribution in [0.25, 0.3) is 0 Å². The van der Waals surface area contributed by atoms with E-state index in [-0.39, 0.29) is 0 Å². The first-order valence-electron chi connectivity index (χ1n) is 10.9. The lowest BCUT2D eigenvalue weighted by molar-refractivity contribution is 0.200. The Hall–Kier alpha value is -1.62. The van der Waals surface area contributed by atoms with Gasteiger partial charge in [-0.3, -0.25) is 0 Å². The van der Waals surface area contributed by atoms with Gasteiger partial charge in [0.15, 0.2) is 11.5 Å². The average molecular weight is 449 g/mol. The minimum Gasteiger partial charge on any atom is -0.493 e. The van der Waals surface area contributed by atoms with Crippen LogP contribution in [0.5, 0.6) is 11.5 Å². The minimum atomic E-state index is 0.320. The van der Waals surface area contributed by atoms with Gasteiger partial charge in [0, 0.05) is 28.8 Å². The summed E-state index contributed by atoms with van der Waals surface area (Å²) in [4.78, 5) is 0. The first kappa shape index (κ1) is 21.6. The number of nitrogens with one attached hydrogen (secondary N) is 2. The molecule has 2 N–H and O–H groups in total. The Morgan fingerprint density at radius 3 is 2.50 bits per heavy atom. The summed E-state index contributed by atoms with van der Waals surface area (Å²) in [5.74, 6) is 2.68. The molecule has 0 bridgehead atoms. The molecule has 30 heavy (non-hydrogen) atoms. The summed E-state index contributed by atoms with van der Waals surface area (Å²) < 4.78 is 11.9. The number of benzene rings is 2. The number of rotatable bonds is 7. The molecule has 2 fully saturated rings. The van der Waals surface area contributed by atoms with Crippen LogP contribution >= 0.6 is 23.2 Å². The molecule has 6 heteroatoms. The molecule has 1 aliphatic heterocycles. The van der Waals surface area contributed by atoms with Crippen molar-refractivity contribution in [1.82, 2.24) is 5.32 Å². The fourth-order valence-electron chi connectivity index (χ4n) is 4.58. The zero-order valence-electron chi connectivity index (χ0n) is 17.4. The summed E-state index contributed by atoms with van der Waals surface area (Å²) in [5.41, 5.74) is 2.28. The SMILES string of the molecule is COc1ccc([C@H]2CNC[C@@H](CNc3cc(Cl)cc(Cl)c3)C2)cc1OC1CCCC1. The second kappa shape index (κ2) is 10.1. The molecule has 2 aromatic rings. The Balaban J connectivity index is 1.40. The van der Waals surface area contributed by atoms with E-state index >= 15 is 0 Å². The van der Waals surface area contributed by atoms with Crippen LogP contribution in [0.4, 0.5) is 5.69 Å². The topological polar surface area (TPSA) is 42.5 Å². The Bertz CT molecular complexity index is 835. The van der Waals surface area contributed by atoms with Gasteiger partial charge in [0.1, 0.15) is 0 Å². The van der Waals surface area contributed by atoms with Gasteiger partial charge in [0.25, 0.3) is 0 Å². The molecule has 0 aromatic heterocycles. The maximum atomic E-state index is 6.30. The van der Waals surface area contributed by atoms with E-state index < -0.39 is 0 Å². The van der Waals surface area contributed by atoms with E-state index in [1.165, 1.54) is 18.4 Å². The summed E-state index contributed by atoms with van der Waals surface area (Å²) in [6.07, 6.45) is 6.22. The second-order valence-corrected chi connectivity index (χ2v) is 9.30. The molecule has 162 valence electrons. The molecule has 2 aromatic carbocycles. The molecule has 1 heterocycles. The van der Waals surface area contributed by atoms with Gasteiger partial charge in [0.2, 0.25) is 0 Å². The van der Waals surface area contributed by atoms with Crippen molar-refractivity contribution in [1.29, 1.82) is 0 Å². The van der Waals surface area contributed by atoms with Crippen molar-refractivity contribution >= 4 is 28.9 Å². The monoisotopic (exact) mass is 448 g/mol. The molecule has 0 radical (unpaired) electrons. The predicted octanol–water partition coefficient (Wildman–Crippen LogP) is 6.13. The first-order chi connectivity index (χ1) is 14.6. The maximum Gasteiger partial charge on any atom is 0.161 e. The van der Waals surface area contributed by atoms with Crippen molar-refractivity contribution in [2.45, 2.75) is 44.1 Å². The van der Waals surface area contributed by atoms with E-state index in [0.29, 0.717) is 28.0 Å². The molecular formula is C24H30Cl2N2O2. The van der Waals surface area contributed by atoms with E-state index in [0.717, 1.165) is 56.1 Å². The van der Waals surface area contributed by atoms with E-state index in [1.807, 2.05) is 12.1 Å². The number of ether oxygens (including phenoxy) is 2. The molecule has 2 atom stereocenters. The van der Waals surface area contributed by atoms with E-state index in [2.05, 4.69) is 28.8 Å². The highest BCUT2D eigenvalue weighted by Gasteiger charge is 2.25. The Morgan fingerprint density at radius 1 is 1.00 bits per heavy atom. The molecule has 1 saturated heterocycles. The van der Waals surface area contributed by atoms with Gasteiger partial charge in [-0.1, -0.05) is 29.3 Å². The molecule has 1 saturated carbocycles. The third kappa shape index (κ3) is 5.54. The predicted molar refractivity (Wildman–Crippen MR) is 125 cm³/mol. The first-order valence-corrected chi connectivity index (χ1v) is 11.6. The van der Waals surface area contributed by atoms with Gasteiger partial charge in [-0.15, -0.1) is 0 Å². The van der Waals surface area contributed by atoms with Gasteiger partial charge in [-0.25, -0.2) is 0 Å². The standard InChI is InChI=1S/C24H30Cl2N2O2/c1-29-23-7-6-17(9-24(23)30-22-4-2-3-5-22)18-8-16(13-27-15-18)14-28-21-11-19(25)10-20(26)12-21/h6-7,9-12,16,18,22,27-28H,2-5,8,13-15H2,1H3/t16-,18+/m0/s1. The zero-order chi connectivity index (χ0) is 20.9. The van der Waals surface area contributed by atoms with Crippen molar-refractivity contribution in [2.75, 3.05) is 32.1 Å². The van der Waals surface area contributed by atoms with Gasteiger partial charge >= 0.3 is 0 Å². The third-order valence-electron chi connectivity index (χ3n) is 6.15. The summed E-state index contributed by atoms with van der Waals surface area (Å²) in [5, 5.41) is 8.39. The third-order valence-corrected chi connectivity index (χ3v) is 6.59. The lowest BCUT2D eigenvalue weighted by atomic mass is 9.85. The van der Waals surface area contributed by atoms with Crippen LogP contribution in [0.1, 0.15) is 43.6 Å². The van der Waals surface area contributed by atoms with Crippen LogP contribution in [0.3, 0.4) is 0 Å². The molecular weight excluding hydrogens is 419 g/mol. The fourth-order valence-corrected chi connectivity index (χ4v) is 5.11. The van der Waals surface area contributed by atoms with Crippen molar-refractivity contribution in [3.8, 4) is 11.5 Å². The number of methoxy groups -OCH3 is 1. The minimum absolute atomic E-state index is 0.320. The highest BCUT2D eigenvalue weighted by Crippen LogP contribution is 2.36. The average Bonchev–Trinajstić information content (AvgIpc) is 3.25. The van der Waals surface area contributed by atoms with Gasteiger partial charge in [-0.2, -0.15) is 0 Å². The Morgan fingerprint density at radius 2 is 1.77 bits per heavy atom. The lowest BCUT2D eigenvalue weighted by Crippen LogP contribution is -2.38. The van der Waals surface area contributed by atoms with Crippen molar-refractivity contribution in [2.24, 2.45) is 5.92 Å². The van der Waals surface area contributed by atoms with Crippen LogP contribution in [0.15, 0.2) is 36.4 Å². The van der Waals surface area contributed by atoms with Gasteiger partial charge in [0.05, 0.1) is 13.2 Å². The molecule has 1 aliphatic carbocycles. The molecule has 0 spiro atoms. The van der Waals surface area contributed by atoms with Crippen LogP contribution in [0, 0.1) is 5.92 Å². The van der Waals surface area contributed by atoms with Crippen molar-refractivity contribution < 1.29 is 9.47 Å². The van der Waals surface area contributed by atoms with Crippen LogP contribution in [-0.2, 0) is 0 Å². The number of anilines is 1. The Kier molecular flexibility index (Phi) is 7.29. The summed E-state index contributed by atoms with van der Waals surface area (Å²) in [6, 6.07) is 12.0. The Labute approximate surface area is 189 Å². The van der Waals surface area contributed by atoms with Gasteiger partial charge < -0.3 is 20.1 Å². The summed E-state index contributed by atoms with van der Waals surface area (Å²) in [7, 11) is 1.71. The maximum absolute atomic E-state index is 6.30. The normalized spacial score (nSPS) is 22.1. The number of piperidine rings is 1. The summed E-state index contributed by atoms with van der Waals surface area (Å²) >= 11 is 12.2. The molecule has 0 unspecified atom stereocenters. The van der Waals surface area contributed by atoms with Gasteiger partial charge in [-0.05, 0) is 86.4 Å². The highest BCUT2D eigenvalue weighted by atomic mass is 35.5. The largest absolute Gasteiger partial charge is 0.493 e. The molecule has 0 amide bonds. The quantitative estimate of drug-likeness (QED) is 0.534. The number of hydrogen-bond acceptors (Lipinski definition) is 4. The number of hydrogen-bond donors (Lipinski definition) is 2. The molecule has 4 rings (SSSR count). The lowest BCUT2D eigenvalue weighted by Gasteiger charge is -2.31. The summed E-state index contributed by atoms with van der Waals surface area (Å²) in [6.45, 7) is 2.86. The fraction of sp³-hybridized carbons (Fsp3) is 0.500. The zero-order valence-corrected chi connectivity index (χ0v) is 18.9. The van der Waals surface area contributed by atoms with E-state index in [9.17, 15) is 0 Å². The molecule has 4 nitrogen and oxygen atoms in total. The molecule has 2 aliphatic rings. The van der Waals surface area contributed by atoms with Crippen LogP contribution < -0.4 is 20.1 Å². The smallest absolute Gasteiger partial charge is 0.161 e. The van der Waals surface area contributed by atoms with E-state index in [4.69, 9.17) is 32.7 Å². The van der Waals surface area contributed by atoms with Crippen molar-refractivity contribution in [3.63, 3.8) is 0 Å².